The molecule has 16 heavy (non-hydrogen) atoms. The van der Waals surface area contributed by atoms with Crippen molar-refractivity contribution in [3.05, 3.63) is 29.8 Å². The number of aliphatic hydroxyl groups excluding tert-OH is 1. The van der Waals surface area contributed by atoms with Crippen molar-refractivity contribution in [3.8, 4) is 0 Å². The third-order valence-corrected chi connectivity index (χ3v) is 2.36. The van der Waals surface area contributed by atoms with Gasteiger partial charge in [-0.15, -0.1) is 0 Å². The van der Waals surface area contributed by atoms with E-state index >= 15 is 0 Å². The van der Waals surface area contributed by atoms with Gasteiger partial charge in [-0.1, -0.05) is 12.1 Å². The van der Waals surface area contributed by atoms with Crippen LogP contribution in [0.5, 0.6) is 0 Å². The van der Waals surface area contributed by atoms with Crippen molar-refractivity contribution in [2.45, 2.75) is 26.1 Å². The number of anilines is 1. The number of carbonyl (C=O) groups is 1. The molecule has 0 spiro atoms. The molecule has 0 aliphatic heterocycles. The van der Waals surface area contributed by atoms with Crippen LogP contribution < -0.4 is 5.32 Å². The van der Waals surface area contributed by atoms with Gasteiger partial charge < -0.3 is 15.2 Å². The van der Waals surface area contributed by atoms with Crippen molar-refractivity contribution in [1.29, 1.82) is 0 Å². The van der Waals surface area contributed by atoms with Gasteiger partial charge in [0.2, 0.25) is 0 Å². The Morgan fingerprint density at radius 2 is 2.12 bits per heavy atom. The molecule has 0 fully saturated rings. The van der Waals surface area contributed by atoms with Gasteiger partial charge in [0.25, 0.3) is 5.91 Å². The molecule has 88 valence electrons. The number of hydrogen-bond donors (Lipinski definition) is 2. The molecule has 0 radical (unpaired) electrons. The van der Waals surface area contributed by atoms with Crippen LogP contribution in [-0.4, -0.2) is 24.2 Å². The largest absolute Gasteiger partial charge is 0.389 e. The number of methoxy groups -OCH3 is 1. The Morgan fingerprint density at radius 3 is 2.69 bits per heavy atom. The van der Waals surface area contributed by atoms with Crippen LogP contribution in [0.4, 0.5) is 5.69 Å². The summed E-state index contributed by atoms with van der Waals surface area (Å²) < 4.78 is 4.90. The molecule has 2 unspecified atom stereocenters. The molecule has 1 aromatic carbocycles. The SMILES string of the molecule is COC(C)C(=O)Nc1cccc(C(C)O)c1. The highest BCUT2D eigenvalue weighted by Gasteiger charge is 2.11. The number of aliphatic hydroxyl groups is 1. The number of hydrogen-bond acceptors (Lipinski definition) is 3. The number of benzene rings is 1. The van der Waals surface area contributed by atoms with E-state index in [1.54, 1.807) is 38.1 Å². The zero-order valence-electron chi connectivity index (χ0n) is 9.73. The summed E-state index contributed by atoms with van der Waals surface area (Å²) in [7, 11) is 1.48. The lowest BCUT2D eigenvalue weighted by Gasteiger charge is -2.12. The van der Waals surface area contributed by atoms with Gasteiger partial charge in [-0.2, -0.15) is 0 Å². The second kappa shape index (κ2) is 5.63. The topological polar surface area (TPSA) is 58.6 Å². The molecule has 4 heteroatoms. The normalized spacial score (nSPS) is 14.2. The van der Waals surface area contributed by atoms with E-state index in [0.717, 1.165) is 5.56 Å². The Balaban J connectivity index is 2.74. The van der Waals surface area contributed by atoms with Crippen LogP contribution >= 0.6 is 0 Å². The van der Waals surface area contributed by atoms with Gasteiger partial charge in [-0.25, -0.2) is 0 Å². The van der Waals surface area contributed by atoms with E-state index in [0.29, 0.717) is 5.69 Å². The Morgan fingerprint density at radius 1 is 1.44 bits per heavy atom. The summed E-state index contributed by atoms with van der Waals surface area (Å²) in [5.41, 5.74) is 1.43. The van der Waals surface area contributed by atoms with Crippen molar-refractivity contribution in [2.24, 2.45) is 0 Å². The summed E-state index contributed by atoms with van der Waals surface area (Å²) in [5.74, 6) is -0.203. The minimum Gasteiger partial charge on any atom is -0.389 e. The highest BCUT2D eigenvalue weighted by molar-refractivity contribution is 5.93. The number of nitrogens with one attached hydrogen (secondary N) is 1. The van der Waals surface area contributed by atoms with Gasteiger partial charge >= 0.3 is 0 Å². The van der Waals surface area contributed by atoms with E-state index in [2.05, 4.69) is 5.32 Å². The quantitative estimate of drug-likeness (QED) is 0.817. The van der Waals surface area contributed by atoms with Crippen molar-refractivity contribution in [3.63, 3.8) is 0 Å². The molecular formula is C12H17NO3. The third kappa shape index (κ3) is 3.32. The minimum atomic E-state index is -0.545. The molecule has 2 atom stereocenters. The molecule has 2 N–H and O–H groups in total. The maximum atomic E-state index is 11.5. The van der Waals surface area contributed by atoms with E-state index in [-0.39, 0.29) is 5.91 Å². The van der Waals surface area contributed by atoms with Gasteiger partial charge in [0, 0.05) is 12.8 Å². The molecule has 4 nitrogen and oxygen atoms in total. The van der Waals surface area contributed by atoms with E-state index in [9.17, 15) is 9.90 Å². The minimum absolute atomic E-state index is 0.203. The number of carbonyl (C=O) groups excluding carboxylic acids is 1. The fourth-order valence-corrected chi connectivity index (χ4v) is 1.23. The summed E-state index contributed by atoms with van der Waals surface area (Å²) in [6.07, 6.45) is -1.04. The highest BCUT2D eigenvalue weighted by Crippen LogP contribution is 2.17. The fourth-order valence-electron chi connectivity index (χ4n) is 1.23. The summed E-state index contributed by atoms with van der Waals surface area (Å²) in [6, 6.07) is 7.10. The summed E-state index contributed by atoms with van der Waals surface area (Å²) in [5, 5.41) is 12.1. The Kier molecular flexibility index (Phi) is 4.46. The molecule has 1 amide bonds. The van der Waals surface area contributed by atoms with Crippen LogP contribution in [0.1, 0.15) is 25.5 Å². The summed E-state index contributed by atoms with van der Waals surface area (Å²) in [4.78, 5) is 11.5. The van der Waals surface area contributed by atoms with E-state index < -0.39 is 12.2 Å². The van der Waals surface area contributed by atoms with E-state index in [1.807, 2.05) is 0 Å². The fraction of sp³-hybridized carbons (Fsp3) is 0.417. The Bertz CT molecular complexity index is 363. The van der Waals surface area contributed by atoms with Gasteiger partial charge in [-0.05, 0) is 31.5 Å². The molecular weight excluding hydrogens is 206 g/mol. The van der Waals surface area contributed by atoms with Gasteiger partial charge in [0.1, 0.15) is 6.10 Å². The van der Waals surface area contributed by atoms with Crippen LogP contribution in [0, 0.1) is 0 Å². The first-order valence-electron chi connectivity index (χ1n) is 5.16. The molecule has 1 aromatic rings. The Labute approximate surface area is 95.2 Å². The highest BCUT2D eigenvalue weighted by atomic mass is 16.5. The van der Waals surface area contributed by atoms with Gasteiger partial charge in [0.05, 0.1) is 6.10 Å². The lowest BCUT2D eigenvalue weighted by atomic mass is 10.1. The zero-order chi connectivity index (χ0) is 12.1. The van der Waals surface area contributed by atoms with Crippen molar-refractivity contribution in [1.82, 2.24) is 0 Å². The summed E-state index contributed by atoms with van der Waals surface area (Å²) in [6.45, 7) is 3.35. The summed E-state index contributed by atoms with van der Waals surface area (Å²) >= 11 is 0. The van der Waals surface area contributed by atoms with Crippen LogP contribution in [0.25, 0.3) is 0 Å². The third-order valence-electron chi connectivity index (χ3n) is 2.36. The lowest BCUT2D eigenvalue weighted by Crippen LogP contribution is -2.26. The van der Waals surface area contributed by atoms with Crippen molar-refractivity contribution in [2.75, 3.05) is 12.4 Å². The number of amides is 1. The second-order valence-corrected chi connectivity index (χ2v) is 3.67. The van der Waals surface area contributed by atoms with E-state index in [1.165, 1.54) is 7.11 Å². The standard InChI is InChI=1S/C12H17NO3/c1-8(14)10-5-4-6-11(7-10)13-12(15)9(2)16-3/h4-9,14H,1-3H3,(H,13,15). The van der Waals surface area contributed by atoms with Crippen molar-refractivity contribution >= 4 is 11.6 Å². The molecule has 0 aromatic heterocycles. The predicted molar refractivity (Wildman–Crippen MR) is 62.2 cm³/mol. The van der Waals surface area contributed by atoms with Gasteiger partial charge in [-0.3, -0.25) is 4.79 Å². The monoisotopic (exact) mass is 223 g/mol. The van der Waals surface area contributed by atoms with Crippen LogP contribution in [0.2, 0.25) is 0 Å². The molecule has 0 aliphatic carbocycles. The average Bonchev–Trinajstić information content (AvgIpc) is 2.28. The molecule has 0 saturated heterocycles. The van der Waals surface area contributed by atoms with E-state index in [4.69, 9.17) is 4.74 Å². The zero-order valence-corrected chi connectivity index (χ0v) is 9.73. The van der Waals surface area contributed by atoms with Crippen molar-refractivity contribution < 1.29 is 14.6 Å². The van der Waals surface area contributed by atoms with Crippen LogP contribution in [0.3, 0.4) is 0 Å². The first-order chi connectivity index (χ1) is 7.54. The second-order valence-electron chi connectivity index (χ2n) is 3.67. The van der Waals surface area contributed by atoms with Gasteiger partial charge in [0.15, 0.2) is 0 Å². The molecule has 0 bridgehead atoms. The first-order valence-corrected chi connectivity index (χ1v) is 5.16. The van der Waals surface area contributed by atoms with Crippen LogP contribution in [-0.2, 0) is 9.53 Å². The number of ether oxygens (including phenoxy) is 1. The lowest BCUT2D eigenvalue weighted by molar-refractivity contribution is -0.124. The Hall–Kier alpha value is -1.39. The maximum absolute atomic E-state index is 11.5. The smallest absolute Gasteiger partial charge is 0.253 e. The molecule has 0 saturated carbocycles. The molecule has 1 rings (SSSR count). The maximum Gasteiger partial charge on any atom is 0.253 e. The average molecular weight is 223 g/mol. The number of rotatable bonds is 4. The molecule has 0 aliphatic rings. The molecule has 0 heterocycles. The van der Waals surface area contributed by atoms with Crippen LogP contribution in [0.15, 0.2) is 24.3 Å². The predicted octanol–water partition coefficient (Wildman–Crippen LogP) is 1.71. The first kappa shape index (κ1) is 12.7.